The molecule has 0 saturated heterocycles. The predicted molar refractivity (Wildman–Crippen MR) is 52.9 cm³/mol. The maximum atomic E-state index is 10.8. The van der Waals surface area contributed by atoms with Crippen LogP contribution in [0.2, 0.25) is 0 Å². The summed E-state index contributed by atoms with van der Waals surface area (Å²) in [5.74, 6) is -1.05. The third kappa shape index (κ3) is 2.02. The van der Waals surface area contributed by atoms with E-state index in [1.807, 2.05) is 0 Å². The van der Waals surface area contributed by atoms with Crippen molar-refractivity contribution in [2.45, 2.75) is 17.4 Å². The molecule has 0 aliphatic rings. The number of carboxylic acids is 1. The topological polar surface area (TPSA) is 63.3 Å². The van der Waals surface area contributed by atoms with Gasteiger partial charge < -0.3 is 10.8 Å². The first-order valence-corrected chi connectivity index (χ1v) is 4.21. The molecular formula is C9H11NO2S. The SMILES string of the molecule is CC(N)(C(=O)O)c1cccc(S)c1. The van der Waals surface area contributed by atoms with Crippen LogP contribution >= 0.6 is 12.6 Å². The van der Waals surface area contributed by atoms with E-state index in [0.717, 1.165) is 0 Å². The third-order valence-corrected chi connectivity index (χ3v) is 2.17. The first-order chi connectivity index (χ1) is 5.94. The van der Waals surface area contributed by atoms with Crippen LogP contribution in [0, 0.1) is 0 Å². The number of carbonyl (C=O) groups is 1. The van der Waals surface area contributed by atoms with E-state index in [4.69, 9.17) is 10.8 Å². The Kier molecular flexibility index (Phi) is 2.63. The molecule has 0 aliphatic carbocycles. The summed E-state index contributed by atoms with van der Waals surface area (Å²) in [5.41, 5.74) is 4.82. The molecule has 70 valence electrons. The van der Waals surface area contributed by atoms with Crippen molar-refractivity contribution in [1.82, 2.24) is 0 Å². The first-order valence-electron chi connectivity index (χ1n) is 3.76. The molecule has 0 bridgehead atoms. The lowest BCUT2D eigenvalue weighted by Gasteiger charge is -2.19. The van der Waals surface area contributed by atoms with Gasteiger partial charge in [-0.3, -0.25) is 0 Å². The minimum atomic E-state index is -1.35. The monoisotopic (exact) mass is 197 g/mol. The van der Waals surface area contributed by atoms with E-state index in [9.17, 15) is 4.79 Å². The molecule has 1 aromatic carbocycles. The predicted octanol–water partition coefficient (Wildman–Crippen LogP) is 1.23. The molecule has 13 heavy (non-hydrogen) atoms. The fraction of sp³-hybridized carbons (Fsp3) is 0.222. The molecule has 3 nitrogen and oxygen atoms in total. The molecule has 4 heteroatoms. The van der Waals surface area contributed by atoms with Crippen molar-refractivity contribution in [2.75, 3.05) is 0 Å². The van der Waals surface area contributed by atoms with Crippen molar-refractivity contribution >= 4 is 18.6 Å². The summed E-state index contributed by atoms with van der Waals surface area (Å²) in [6.45, 7) is 1.46. The second-order valence-electron chi connectivity index (χ2n) is 3.06. The van der Waals surface area contributed by atoms with Gasteiger partial charge in [0, 0.05) is 4.90 Å². The van der Waals surface area contributed by atoms with Crippen molar-refractivity contribution in [3.8, 4) is 0 Å². The van der Waals surface area contributed by atoms with Crippen LogP contribution < -0.4 is 5.73 Å². The highest BCUT2D eigenvalue weighted by atomic mass is 32.1. The molecule has 0 aliphatic heterocycles. The van der Waals surface area contributed by atoms with E-state index >= 15 is 0 Å². The minimum Gasteiger partial charge on any atom is -0.480 e. The Morgan fingerprint density at radius 1 is 1.62 bits per heavy atom. The van der Waals surface area contributed by atoms with Crippen molar-refractivity contribution in [3.05, 3.63) is 29.8 Å². The van der Waals surface area contributed by atoms with E-state index in [1.165, 1.54) is 6.92 Å². The summed E-state index contributed by atoms with van der Waals surface area (Å²) < 4.78 is 0. The number of rotatable bonds is 2. The molecule has 1 rings (SSSR count). The normalized spacial score (nSPS) is 15.0. The van der Waals surface area contributed by atoms with Gasteiger partial charge in [0.1, 0.15) is 5.54 Å². The molecule has 1 atom stereocenters. The maximum Gasteiger partial charge on any atom is 0.328 e. The quantitative estimate of drug-likeness (QED) is 0.625. The molecule has 0 saturated carbocycles. The summed E-state index contributed by atoms with van der Waals surface area (Å²) in [4.78, 5) is 11.5. The van der Waals surface area contributed by atoms with Gasteiger partial charge in [0.25, 0.3) is 0 Å². The standard InChI is InChI=1S/C9H11NO2S/c1-9(10,8(11)12)6-3-2-4-7(13)5-6/h2-5,13H,10H2,1H3,(H,11,12). The fourth-order valence-electron chi connectivity index (χ4n) is 0.952. The minimum absolute atomic E-state index is 0.549. The van der Waals surface area contributed by atoms with Crippen LogP contribution in [0.5, 0.6) is 0 Å². The molecule has 0 amide bonds. The summed E-state index contributed by atoms with van der Waals surface area (Å²) in [7, 11) is 0. The molecule has 1 aromatic rings. The fourth-order valence-corrected chi connectivity index (χ4v) is 1.18. The van der Waals surface area contributed by atoms with Gasteiger partial charge in [-0.25, -0.2) is 4.79 Å². The van der Waals surface area contributed by atoms with Crippen molar-refractivity contribution in [3.63, 3.8) is 0 Å². The molecule has 0 heterocycles. The average Bonchev–Trinajstić information content (AvgIpc) is 2.04. The zero-order chi connectivity index (χ0) is 10.1. The Morgan fingerprint density at radius 3 is 2.69 bits per heavy atom. The lowest BCUT2D eigenvalue weighted by molar-refractivity contribution is -0.143. The first kappa shape index (κ1) is 10.1. The van der Waals surface area contributed by atoms with Gasteiger partial charge in [-0.1, -0.05) is 12.1 Å². The van der Waals surface area contributed by atoms with E-state index in [1.54, 1.807) is 24.3 Å². The van der Waals surface area contributed by atoms with Crippen molar-refractivity contribution in [1.29, 1.82) is 0 Å². The second kappa shape index (κ2) is 3.40. The summed E-state index contributed by atoms with van der Waals surface area (Å²) in [6, 6.07) is 6.82. The molecule has 0 spiro atoms. The van der Waals surface area contributed by atoms with Gasteiger partial charge in [-0.2, -0.15) is 0 Å². The van der Waals surface area contributed by atoms with E-state index < -0.39 is 11.5 Å². The highest BCUT2D eigenvalue weighted by molar-refractivity contribution is 7.80. The number of benzene rings is 1. The number of carboxylic acid groups (broad SMARTS) is 1. The largest absolute Gasteiger partial charge is 0.480 e. The van der Waals surface area contributed by atoms with Gasteiger partial charge in [0.2, 0.25) is 0 Å². The van der Waals surface area contributed by atoms with Crippen molar-refractivity contribution in [2.24, 2.45) is 5.73 Å². The maximum absolute atomic E-state index is 10.8. The Bertz CT molecular complexity index is 336. The van der Waals surface area contributed by atoms with Crippen molar-refractivity contribution < 1.29 is 9.90 Å². The highest BCUT2D eigenvalue weighted by Gasteiger charge is 2.29. The number of hydrogen-bond donors (Lipinski definition) is 3. The molecule has 0 aromatic heterocycles. The van der Waals surface area contributed by atoms with Gasteiger partial charge in [0.05, 0.1) is 0 Å². The summed E-state index contributed by atoms with van der Waals surface area (Å²) in [6.07, 6.45) is 0. The van der Waals surface area contributed by atoms with Gasteiger partial charge >= 0.3 is 5.97 Å². The van der Waals surface area contributed by atoms with Crippen LogP contribution in [0.4, 0.5) is 0 Å². The zero-order valence-corrected chi connectivity index (χ0v) is 8.08. The Labute approximate surface area is 82.0 Å². The van der Waals surface area contributed by atoms with E-state index in [2.05, 4.69) is 12.6 Å². The van der Waals surface area contributed by atoms with E-state index in [-0.39, 0.29) is 0 Å². The lowest BCUT2D eigenvalue weighted by Crippen LogP contribution is -2.41. The van der Waals surface area contributed by atoms with Crippen LogP contribution in [-0.2, 0) is 10.3 Å². The molecule has 0 fully saturated rings. The second-order valence-corrected chi connectivity index (χ2v) is 3.57. The number of nitrogens with two attached hydrogens (primary N) is 1. The number of thiol groups is 1. The third-order valence-electron chi connectivity index (χ3n) is 1.89. The van der Waals surface area contributed by atoms with Crippen LogP contribution in [0.15, 0.2) is 29.2 Å². The molecule has 0 radical (unpaired) electrons. The number of hydrogen-bond acceptors (Lipinski definition) is 3. The lowest BCUT2D eigenvalue weighted by atomic mass is 9.94. The number of aliphatic carboxylic acids is 1. The Morgan fingerprint density at radius 2 is 2.23 bits per heavy atom. The summed E-state index contributed by atoms with van der Waals surface area (Å²) >= 11 is 4.11. The average molecular weight is 197 g/mol. The zero-order valence-electron chi connectivity index (χ0n) is 7.19. The van der Waals surface area contributed by atoms with Crippen LogP contribution in [0.1, 0.15) is 12.5 Å². The summed E-state index contributed by atoms with van der Waals surface area (Å²) in [5, 5.41) is 8.84. The smallest absolute Gasteiger partial charge is 0.328 e. The Balaban J connectivity index is 3.14. The highest BCUT2D eigenvalue weighted by Crippen LogP contribution is 2.20. The molecule has 3 N–H and O–H groups in total. The van der Waals surface area contributed by atoms with E-state index in [0.29, 0.717) is 10.5 Å². The molecular weight excluding hydrogens is 186 g/mol. The molecule has 1 unspecified atom stereocenters. The Hall–Kier alpha value is -1.00. The van der Waals surface area contributed by atoms with Gasteiger partial charge in [-0.05, 0) is 24.6 Å². The van der Waals surface area contributed by atoms with Gasteiger partial charge in [-0.15, -0.1) is 12.6 Å². The van der Waals surface area contributed by atoms with Crippen LogP contribution in [0.3, 0.4) is 0 Å². The van der Waals surface area contributed by atoms with Crippen LogP contribution in [0.25, 0.3) is 0 Å². The van der Waals surface area contributed by atoms with Crippen LogP contribution in [-0.4, -0.2) is 11.1 Å². The van der Waals surface area contributed by atoms with Gasteiger partial charge in [0.15, 0.2) is 0 Å².